The molecule has 0 bridgehead atoms. The van der Waals surface area contributed by atoms with E-state index in [0.717, 1.165) is 24.1 Å². The number of hydrogen-bond donors (Lipinski definition) is 1. The topological polar surface area (TPSA) is 83.6 Å². The van der Waals surface area contributed by atoms with Gasteiger partial charge in [0.2, 0.25) is 0 Å². The summed E-state index contributed by atoms with van der Waals surface area (Å²) in [5.74, 6) is -0.272. The number of nitrogens with zero attached hydrogens (tertiary/aromatic N) is 4. The normalized spacial score (nSPS) is 13.0. The minimum Gasteiger partial charge on any atom is -0.347 e. The molecule has 9 heteroatoms. The van der Waals surface area contributed by atoms with Crippen molar-refractivity contribution in [2.45, 2.75) is 25.3 Å². The largest absolute Gasteiger partial charge is 0.347 e. The molecular weight excluding hydrogens is 461 g/mol. The average molecular weight is 478 g/mol. The second-order valence-electron chi connectivity index (χ2n) is 7.75. The Kier molecular flexibility index (Phi) is 5.67. The van der Waals surface area contributed by atoms with Crippen molar-refractivity contribution in [2.75, 3.05) is 0 Å². The van der Waals surface area contributed by atoms with Crippen LogP contribution in [0.25, 0.3) is 16.9 Å². The van der Waals surface area contributed by atoms with Crippen LogP contribution in [-0.4, -0.2) is 20.7 Å². The highest BCUT2D eigenvalue weighted by Crippen LogP contribution is 2.41. The molecule has 1 N–H and O–H groups in total. The number of carbonyl (C=O) groups is 1. The van der Waals surface area contributed by atoms with E-state index in [1.54, 1.807) is 52.8 Å². The third-order valence-corrected chi connectivity index (χ3v) is 6.63. The first-order chi connectivity index (χ1) is 16.0. The molecule has 0 unspecified atom stereocenters. The SMILES string of the molecule is N#Cc1ccc(-c2ccn(-c3ccc(CNC(=O)c4scnc4C4CC4)c(F)c3)n2)cc1Cl. The molecule has 1 fully saturated rings. The maximum absolute atomic E-state index is 14.8. The van der Waals surface area contributed by atoms with Crippen molar-refractivity contribution >= 4 is 28.8 Å². The standard InChI is InChI=1S/C24H17ClFN5OS/c25-19-9-15(3-4-16(19)11-27)21-7-8-31(30-21)18-6-5-17(20(26)10-18)12-28-24(32)23-22(14-1-2-14)29-13-33-23/h3-10,13-14H,1-2,12H2,(H,28,32). The van der Waals surface area contributed by atoms with E-state index < -0.39 is 5.82 Å². The molecule has 5 rings (SSSR count). The van der Waals surface area contributed by atoms with E-state index in [4.69, 9.17) is 16.9 Å². The van der Waals surface area contributed by atoms with Gasteiger partial charge in [-0.25, -0.2) is 14.1 Å². The summed E-state index contributed by atoms with van der Waals surface area (Å²) in [6, 6.07) is 13.7. The summed E-state index contributed by atoms with van der Waals surface area (Å²) >= 11 is 7.43. The summed E-state index contributed by atoms with van der Waals surface area (Å²) < 4.78 is 16.3. The zero-order valence-corrected chi connectivity index (χ0v) is 18.8. The fraction of sp³-hybridized carbons (Fsp3) is 0.167. The predicted molar refractivity (Wildman–Crippen MR) is 124 cm³/mol. The first-order valence-electron chi connectivity index (χ1n) is 10.3. The van der Waals surface area contributed by atoms with Gasteiger partial charge in [-0.3, -0.25) is 4.79 Å². The van der Waals surface area contributed by atoms with Crippen LogP contribution in [0.1, 0.15) is 45.3 Å². The Morgan fingerprint density at radius 3 is 2.85 bits per heavy atom. The molecular formula is C24H17ClFN5OS. The van der Waals surface area contributed by atoms with Gasteiger partial charge < -0.3 is 5.32 Å². The van der Waals surface area contributed by atoms with Gasteiger partial charge in [0, 0.05) is 29.8 Å². The monoisotopic (exact) mass is 477 g/mol. The molecule has 6 nitrogen and oxygen atoms in total. The molecule has 2 aromatic carbocycles. The van der Waals surface area contributed by atoms with E-state index in [1.165, 1.54) is 17.4 Å². The van der Waals surface area contributed by atoms with Crippen molar-refractivity contribution in [1.29, 1.82) is 5.26 Å². The quantitative estimate of drug-likeness (QED) is 0.399. The molecule has 0 saturated heterocycles. The van der Waals surface area contributed by atoms with Crippen LogP contribution >= 0.6 is 22.9 Å². The molecule has 33 heavy (non-hydrogen) atoms. The number of benzene rings is 2. The van der Waals surface area contributed by atoms with Gasteiger partial charge >= 0.3 is 0 Å². The highest BCUT2D eigenvalue weighted by Gasteiger charge is 2.30. The average Bonchev–Trinajstić information content (AvgIpc) is 3.33. The number of nitriles is 1. The molecule has 1 saturated carbocycles. The van der Waals surface area contributed by atoms with Gasteiger partial charge in [-0.05, 0) is 43.2 Å². The lowest BCUT2D eigenvalue weighted by Gasteiger charge is -2.08. The maximum Gasteiger partial charge on any atom is 0.263 e. The fourth-order valence-corrected chi connectivity index (χ4v) is 4.55. The zero-order chi connectivity index (χ0) is 22.9. The third-order valence-electron chi connectivity index (χ3n) is 5.48. The minimum absolute atomic E-state index is 0.0844. The third kappa shape index (κ3) is 4.38. The smallest absolute Gasteiger partial charge is 0.263 e. The van der Waals surface area contributed by atoms with E-state index in [1.807, 2.05) is 6.07 Å². The molecule has 164 valence electrons. The molecule has 2 aromatic heterocycles. The number of hydrogen-bond acceptors (Lipinski definition) is 5. The number of amides is 1. The number of halogens is 2. The Hall–Kier alpha value is -3.54. The molecule has 1 aliphatic rings. The minimum atomic E-state index is -0.432. The molecule has 0 aliphatic heterocycles. The van der Waals surface area contributed by atoms with E-state index in [0.29, 0.717) is 38.3 Å². The highest BCUT2D eigenvalue weighted by molar-refractivity contribution is 7.11. The zero-order valence-electron chi connectivity index (χ0n) is 17.3. The summed E-state index contributed by atoms with van der Waals surface area (Å²) in [6.07, 6.45) is 3.85. The van der Waals surface area contributed by atoms with Crippen LogP contribution in [0.4, 0.5) is 4.39 Å². The summed E-state index contributed by atoms with van der Waals surface area (Å²) in [5.41, 5.74) is 5.26. The van der Waals surface area contributed by atoms with Gasteiger partial charge in [-0.2, -0.15) is 10.4 Å². The lowest BCUT2D eigenvalue weighted by atomic mass is 10.1. The van der Waals surface area contributed by atoms with Gasteiger partial charge in [-0.15, -0.1) is 11.3 Å². The van der Waals surface area contributed by atoms with Crippen LogP contribution in [0.5, 0.6) is 0 Å². The van der Waals surface area contributed by atoms with Crippen molar-refractivity contribution in [3.8, 4) is 23.0 Å². The highest BCUT2D eigenvalue weighted by atomic mass is 35.5. The molecule has 4 aromatic rings. The number of nitrogens with one attached hydrogen (secondary N) is 1. The van der Waals surface area contributed by atoms with Crippen LogP contribution in [0.3, 0.4) is 0 Å². The van der Waals surface area contributed by atoms with Crippen molar-refractivity contribution in [3.05, 3.63) is 86.7 Å². The van der Waals surface area contributed by atoms with Gasteiger partial charge in [-0.1, -0.05) is 23.7 Å². The lowest BCUT2D eigenvalue weighted by molar-refractivity contribution is 0.0953. The van der Waals surface area contributed by atoms with E-state index >= 15 is 0 Å². The maximum atomic E-state index is 14.8. The van der Waals surface area contributed by atoms with E-state index in [9.17, 15) is 9.18 Å². The number of thiazole rings is 1. The first-order valence-corrected chi connectivity index (χ1v) is 11.6. The van der Waals surface area contributed by atoms with Gasteiger partial charge in [0.25, 0.3) is 5.91 Å². The van der Waals surface area contributed by atoms with Crippen molar-refractivity contribution < 1.29 is 9.18 Å². The van der Waals surface area contributed by atoms with Gasteiger partial charge in [0.05, 0.1) is 33.2 Å². The fourth-order valence-electron chi connectivity index (χ4n) is 3.54. The lowest BCUT2D eigenvalue weighted by Crippen LogP contribution is -2.23. The summed E-state index contributed by atoms with van der Waals surface area (Å²) in [7, 11) is 0. The Labute approximate surface area is 198 Å². The number of carbonyl (C=O) groups excluding carboxylic acids is 1. The predicted octanol–water partition coefficient (Wildman–Crippen LogP) is 5.47. The number of rotatable bonds is 6. The summed E-state index contributed by atoms with van der Waals surface area (Å²) in [6.45, 7) is 0.0844. The Morgan fingerprint density at radius 1 is 1.27 bits per heavy atom. The molecule has 1 amide bonds. The van der Waals surface area contributed by atoms with Crippen LogP contribution < -0.4 is 5.32 Å². The molecule has 0 radical (unpaired) electrons. The van der Waals surface area contributed by atoms with Gasteiger partial charge in [0.1, 0.15) is 16.8 Å². The first kappa shape index (κ1) is 21.3. The summed E-state index contributed by atoms with van der Waals surface area (Å²) in [5, 5.41) is 16.7. The molecule has 0 atom stereocenters. The summed E-state index contributed by atoms with van der Waals surface area (Å²) in [4.78, 5) is 17.4. The number of aromatic nitrogens is 3. The second-order valence-corrected chi connectivity index (χ2v) is 9.01. The van der Waals surface area contributed by atoms with Crippen LogP contribution in [0.2, 0.25) is 5.02 Å². The van der Waals surface area contributed by atoms with E-state index in [2.05, 4.69) is 15.4 Å². The van der Waals surface area contributed by atoms with Crippen LogP contribution in [0.15, 0.2) is 54.2 Å². The van der Waals surface area contributed by atoms with Crippen molar-refractivity contribution in [2.24, 2.45) is 0 Å². The molecule has 0 spiro atoms. The van der Waals surface area contributed by atoms with Crippen LogP contribution in [-0.2, 0) is 6.54 Å². The Morgan fingerprint density at radius 2 is 2.12 bits per heavy atom. The van der Waals surface area contributed by atoms with Crippen molar-refractivity contribution in [1.82, 2.24) is 20.1 Å². The van der Waals surface area contributed by atoms with E-state index in [-0.39, 0.29) is 12.5 Å². The Balaban J connectivity index is 1.29. The van der Waals surface area contributed by atoms with Crippen molar-refractivity contribution in [3.63, 3.8) is 0 Å². The molecule has 1 aliphatic carbocycles. The van der Waals surface area contributed by atoms with Gasteiger partial charge in [0.15, 0.2) is 0 Å². The molecule has 2 heterocycles. The van der Waals surface area contributed by atoms with Crippen LogP contribution in [0, 0.1) is 17.1 Å². The second kappa shape index (κ2) is 8.77. The Bertz CT molecular complexity index is 1400.